The Kier molecular flexibility index (Phi) is 6.07. The van der Waals surface area contributed by atoms with Gasteiger partial charge in [-0.15, -0.1) is 11.3 Å². The van der Waals surface area contributed by atoms with Crippen LogP contribution in [-0.2, 0) is 6.18 Å². The topological polar surface area (TPSA) is 79.6 Å². The standard InChI is InChI=1S/C22H19F3N4O3S/c1-14-26-19(15-5-3-2-4-6-15)20(33-14)21(30)28-11-9-27(10-12-28)17-8-7-16(22(23,24)25)13-18(17)29(31)32/h2-8,13H,9-12H2,1H3. The van der Waals surface area contributed by atoms with Gasteiger partial charge < -0.3 is 9.80 Å². The van der Waals surface area contributed by atoms with Gasteiger partial charge in [0.15, 0.2) is 0 Å². The Morgan fingerprint density at radius 1 is 1.09 bits per heavy atom. The second kappa shape index (κ2) is 8.81. The van der Waals surface area contributed by atoms with E-state index in [9.17, 15) is 28.1 Å². The molecule has 2 heterocycles. The minimum atomic E-state index is -4.67. The Morgan fingerprint density at radius 2 is 1.76 bits per heavy atom. The zero-order valence-corrected chi connectivity index (χ0v) is 18.3. The highest BCUT2D eigenvalue weighted by Gasteiger charge is 2.35. The molecule has 0 unspecified atom stereocenters. The SMILES string of the molecule is Cc1nc(-c2ccccc2)c(C(=O)N2CCN(c3ccc(C(F)(F)F)cc3[N+](=O)[O-])CC2)s1. The first-order chi connectivity index (χ1) is 15.6. The lowest BCUT2D eigenvalue weighted by Crippen LogP contribution is -2.48. The second-order valence-corrected chi connectivity index (χ2v) is 8.72. The summed E-state index contributed by atoms with van der Waals surface area (Å²) in [5.41, 5.74) is -0.110. The van der Waals surface area contributed by atoms with Crippen LogP contribution in [0.15, 0.2) is 48.5 Å². The second-order valence-electron chi connectivity index (χ2n) is 7.51. The summed E-state index contributed by atoms with van der Waals surface area (Å²) in [6.07, 6.45) is -4.67. The Balaban J connectivity index is 1.53. The average Bonchev–Trinajstić information content (AvgIpc) is 3.20. The monoisotopic (exact) mass is 476 g/mol. The normalized spacial score (nSPS) is 14.4. The molecular weight excluding hydrogens is 457 g/mol. The van der Waals surface area contributed by atoms with Crippen molar-refractivity contribution in [2.24, 2.45) is 0 Å². The molecule has 0 saturated carbocycles. The van der Waals surface area contributed by atoms with Gasteiger partial charge in [0.2, 0.25) is 0 Å². The van der Waals surface area contributed by atoms with E-state index in [4.69, 9.17) is 0 Å². The molecule has 33 heavy (non-hydrogen) atoms. The molecule has 0 atom stereocenters. The third-order valence-electron chi connectivity index (χ3n) is 5.38. The summed E-state index contributed by atoms with van der Waals surface area (Å²) in [7, 11) is 0. The Morgan fingerprint density at radius 3 is 2.36 bits per heavy atom. The predicted octanol–water partition coefficient (Wildman–Crippen LogP) is 5.01. The van der Waals surface area contributed by atoms with Crippen LogP contribution in [0.5, 0.6) is 0 Å². The molecule has 4 rings (SSSR count). The first kappa shape index (κ1) is 22.7. The van der Waals surface area contributed by atoms with Crippen molar-refractivity contribution in [3.8, 4) is 11.3 Å². The number of carbonyl (C=O) groups excluding carboxylic acids is 1. The molecule has 0 spiro atoms. The van der Waals surface area contributed by atoms with Crippen LogP contribution >= 0.6 is 11.3 Å². The summed E-state index contributed by atoms with van der Waals surface area (Å²) in [6, 6.07) is 11.9. The summed E-state index contributed by atoms with van der Waals surface area (Å²) in [5, 5.41) is 12.2. The van der Waals surface area contributed by atoms with Gasteiger partial charge in [-0.2, -0.15) is 13.2 Å². The number of hydrogen-bond donors (Lipinski definition) is 0. The number of anilines is 1. The fraction of sp³-hybridized carbons (Fsp3) is 0.273. The highest BCUT2D eigenvalue weighted by Crippen LogP contribution is 2.37. The molecule has 1 amide bonds. The van der Waals surface area contributed by atoms with Crippen LogP contribution in [0.3, 0.4) is 0 Å². The molecule has 0 radical (unpaired) electrons. The first-order valence-corrected chi connectivity index (χ1v) is 10.9. The van der Waals surface area contributed by atoms with Crippen molar-refractivity contribution in [1.29, 1.82) is 0 Å². The number of aromatic nitrogens is 1. The number of piperazine rings is 1. The summed E-state index contributed by atoms with van der Waals surface area (Å²) in [4.78, 5) is 32.1. The quantitative estimate of drug-likeness (QED) is 0.391. The van der Waals surface area contributed by atoms with E-state index in [0.29, 0.717) is 16.6 Å². The van der Waals surface area contributed by atoms with E-state index in [2.05, 4.69) is 4.98 Å². The Labute approximate surface area is 191 Å². The number of aryl methyl sites for hydroxylation is 1. The van der Waals surface area contributed by atoms with Crippen molar-refractivity contribution in [3.05, 3.63) is 74.1 Å². The minimum absolute atomic E-state index is 0.110. The summed E-state index contributed by atoms with van der Waals surface area (Å²) in [6.45, 7) is 2.91. The van der Waals surface area contributed by atoms with Gasteiger partial charge in [-0.3, -0.25) is 14.9 Å². The van der Waals surface area contributed by atoms with Crippen molar-refractivity contribution in [2.45, 2.75) is 13.1 Å². The van der Waals surface area contributed by atoms with E-state index in [1.165, 1.54) is 11.3 Å². The molecule has 3 aromatic rings. The number of hydrogen-bond acceptors (Lipinski definition) is 6. The zero-order valence-electron chi connectivity index (χ0n) is 17.5. The maximum absolute atomic E-state index is 13.2. The van der Waals surface area contributed by atoms with Gasteiger partial charge >= 0.3 is 6.18 Å². The van der Waals surface area contributed by atoms with Gasteiger partial charge in [-0.25, -0.2) is 4.98 Å². The van der Waals surface area contributed by atoms with Crippen molar-refractivity contribution in [3.63, 3.8) is 0 Å². The van der Waals surface area contributed by atoms with Crippen LogP contribution in [0.1, 0.15) is 20.2 Å². The van der Waals surface area contributed by atoms with Crippen LogP contribution in [0.4, 0.5) is 24.5 Å². The Hall–Kier alpha value is -3.47. The lowest BCUT2D eigenvalue weighted by molar-refractivity contribution is -0.384. The smallest absolute Gasteiger partial charge is 0.362 e. The predicted molar refractivity (Wildman–Crippen MR) is 119 cm³/mol. The first-order valence-electron chi connectivity index (χ1n) is 10.1. The third-order valence-corrected chi connectivity index (χ3v) is 6.34. The molecule has 1 fully saturated rings. The van der Waals surface area contributed by atoms with E-state index < -0.39 is 22.4 Å². The van der Waals surface area contributed by atoms with Gasteiger partial charge in [0.25, 0.3) is 11.6 Å². The molecule has 1 saturated heterocycles. The van der Waals surface area contributed by atoms with Crippen LogP contribution in [0.25, 0.3) is 11.3 Å². The van der Waals surface area contributed by atoms with Crippen molar-refractivity contribution in [2.75, 3.05) is 31.1 Å². The number of amides is 1. The van der Waals surface area contributed by atoms with E-state index in [1.54, 1.807) is 9.80 Å². The Bertz CT molecular complexity index is 1190. The highest BCUT2D eigenvalue weighted by molar-refractivity contribution is 7.14. The van der Waals surface area contributed by atoms with E-state index in [1.807, 2.05) is 37.3 Å². The number of benzene rings is 2. The molecule has 11 heteroatoms. The van der Waals surface area contributed by atoms with Crippen LogP contribution in [0.2, 0.25) is 0 Å². The van der Waals surface area contributed by atoms with Gasteiger partial charge in [0.05, 0.1) is 21.2 Å². The molecule has 7 nitrogen and oxygen atoms in total. The molecule has 1 aliphatic rings. The molecule has 1 aliphatic heterocycles. The molecule has 2 aromatic carbocycles. The average molecular weight is 476 g/mol. The van der Waals surface area contributed by atoms with Crippen molar-refractivity contribution < 1.29 is 22.9 Å². The van der Waals surface area contributed by atoms with Gasteiger partial charge in [0, 0.05) is 37.8 Å². The molecule has 0 bridgehead atoms. The molecule has 0 aliphatic carbocycles. The number of alkyl halides is 3. The van der Waals surface area contributed by atoms with Gasteiger partial charge in [0.1, 0.15) is 10.6 Å². The van der Waals surface area contributed by atoms with Gasteiger partial charge in [-0.05, 0) is 19.1 Å². The van der Waals surface area contributed by atoms with Crippen LogP contribution < -0.4 is 4.90 Å². The summed E-state index contributed by atoms with van der Waals surface area (Å²) in [5.74, 6) is -0.180. The minimum Gasteiger partial charge on any atom is -0.362 e. The van der Waals surface area contributed by atoms with Crippen molar-refractivity contribution in [1.82, 2.24) is 9.88 Å². The van der Waals surface area contributed by atoms with Crippen molar-refractivity contribution >= 4 is 28.6 Å². The summed E-state index contributed by atoms with van der Waals surface area (Å²) >= 11 is 1.31. The lowest BCUT2D eigenvalue weighted by atomic mass is 10.1. The number of carbonyl (C=O) groups is 1. The van der Waals surface area contributed by atoms with Crippen LogP contribution in [0, 0.1) is 17.0 Å². The van der Waals surface area contributed by atoms with Crippen LogP contribution in [-0.4, -0.2) is 46.9 Å². The highest BCUT2D eigenvalue weighted by atomic mass is 32.1. The van der Waals surface area contributed by atoms with Gasteiger partial charge in [-0.1, -0.05) is 30.3 Å². The fourth-order valence-corrected chi connectivity index (χ4v) is 4.68. The number of rotatable bonds is 4. The number of thiazole rings is 1. The maximum atomic E-state index is 13.2. The third kappa shape index (κ3) is 4.68. The fourth-order valence-electron chi connectivity index (χ4n) is 3.77. The maximum Gasteiger partial charge on any atom is 0.416 e. The molecule has 172 valence electrons. The largest absolute Gasteiger partial charge is 0.416 e. The van der Waals surface area contributed by atoms with E-state index in [-0.39, 0.29) is 37.8 Å². The van der Waals surface area contributed by atoms with E-state index >= 15 is 0 Å². The number of nitrogens with zero attached hydrogens (tertiary/aromatic N) is 4. The zero-order chi connectivity index (χ0) is 23.8. The number of nitro benzene ring substituents is 1. The molecular formula is C22H19F3N4O3S. The molecule has 1 aromatic heterocycles. The summed E-state index contributed by atoms with van der Waals surface area (Å²) < 4.78 is 38.9. The molecule has 0 N–H and O–H groups in total. The number of halogens is 3. The lowest BCUT2D eigenvalue weighted by Gasteiger charge is -2.35. The number of nitro groups is 1. The van der Waals surface area contributed by atoms with E-state index in [0.717, 1.165) is 22.7 Å².